The monoisotopic (exact) mass is 470 g/mol. The summed E-state index contributed by atoms with van der Waals surface area (Å²) in [6.45, 7) is 12.3. The Kier molecular flexibility index (Phi) is 9.61. The molecule has 2 saturated carbocycles. The number of rotatable bonds is 10. The third kappa shape index (κ3) is 6.87. The van der Waals surface area contributed by atoms with Gasteiger partial charge in [-0.3, -0.25) is 9.59 Å². The Balaban J connectivity index is 1.52. The van der Waals surface area contributed by atoms with E-state index in [-0.39, 0.29) is 23.8 Å². The molecular weight excluding hydrogens is 432 g/mol. The van der Waals surface area contributed by atoms with E-state index >= 15 is 0 Å². The highest BCUT2D eigenvalue weighted by Gasteiger charge is 2.30. The van der Waals surface area contributed by atoms with Gasteiger partial charge in [0.2, 0.25) is 0 Å². The summed E-state index contributed by atoms with van der Waals surface area (Å²) in [6.07, 6.45) is 9.95. The standard InChI is InChI=1S/C28H38O6/c1-5-31-17-21-7-11-23(12-8-21)27(29)33-25-15-16-26(20(4)19(25)3)34-28(30)24-13-9-22(10-14-24)18-32-6-2/h5-6,15-16,21-24H,1-2,7-14,17-18H2,3-4H3. The number of carbonyl (C=O) groups is 2. The number of carbonyl (C=O) groups excluding carboxylic acids is 2. The molecule has 0 spiro atoms. The van der Waals surface area contributed by atoms with Crippen molar-refractivity contribution in [2.24, 2.45) is 23.7 Å². The number of hydrogen-bond donors (Lipinski definition) is 0. The molecule has 3 rings (SSSR count). The molecule has 0 N–H and O–H groups in total. The van der Waals surface area contributed by atoms with Crippen LogP contribution in [0.1, 0.15) is 62.5 Å². The SMILES string of the molecule is C=COCC1CCC(C(=O)Oc2ccc(OC(=O)C3CCC(COC=C)CC3)c(C)c2C)CC1. The first kappa shape index (κ1) is 25.9. The summed E-state index contributed by atoms with van der Waals surface area (Å²) in [5.41, 5.74) is 1.63. The second-order valence-electron chi connectivity index (χ2n) is 9.59. The maximum Gasteiger partial charge on any atom is 0.314 e. The normalized spacial score (nSPS) is 24.5. The zero-order chi connectivity index (χ0) is 24.5. The first-order valence-electron chi connectivity index (χ1n) is 12.4. The maximum atomic E-state index is 12.7. The topological polar surface area (TPSA) is 71.1 Å². The lowest BCUT2D eigenvalue weighted by atomic mass is 9.82. The van der Waals surface area contributed by atoms with Crippen LogP contribution in [0.5, 0.6) is 11.5 Å². The fourth-order valence-electron chi connectivity index (χ4n) is 4.91. The summed E-state index contributed by atoms with van der Waals surface area (Å²) in [4.78, 5) is 25.5. The van der Waals surface area contributed by atoms with Crippen molar-refractivity contribution in [1.29, 1.82) is 0 Å². The molecule has 0 bridgehead atoms. The summed E-state index contributed by atoms with van der Waals surface area (Å²) in [7, 11) is 0. The van der Waals surface area contributed by atoms with Crippen LogP contribution < -0.4 is 9.47 Å². The molecular formula is C28H38O6. The molecule has 1 aromatic rings. The second-order valence-corrected chi connectivity index (χ2v) is 9.59. The molecule has 0 heterocycles. The summed E-state index contributed by atoms with van der Waals surface area (Å²) in [5, 5.41) is 0. The van der Waals surface area contributed by atoms with Crippen molar-refractivity contribution >= 4 is 11.9 Å². The first-order chi connectivity index (χ1) is 16.4. The van der Waals surface area contributed by atoms with Gasteiger partial charge in [0.05, 0.1) is 37.6 Å². The molecule has 6 heteroatoms. The van der Waals surface area contributed by atoms with Gasteiger partial charge < -0.3 is 18.9 Å². The van der Waals surface area contributed by atoms with Gasteiger partial charge in [0, 0.05) is 0 Å². The van der Waals surface area contributed by atoms with E-state index in [1.807, 2.05) is 13.8 Å². The fraction of sp³-hybridized carbons (Fsp3) is 0.571. The van der Waals surface area contributed by atoms with Gasteiger partial charge in [-0.1, -0.05) is 13.2 Å². The van der Waals surface area contributed by atoms with E-state index in [1.54, 1.807) is 12.1 Å². The summed E-state index contributed by atoms with van der Waals surface area (Å²) in [6, 6.07) is 3.46. The van der Waals surface area contributed by atoms with E-state index in [0.29, 0.717) is 36.5 Å². The Labute approximate surface area is 203 Å². The third-order valence-corrected chi connectivity index (χ3v) is 7.37. The van der Waals surface area contributed by atoms with Gasteiger partial charge in [-0.05, 0) is 100 Å². The van der Waals surface area contributed by atoms with E-state index < -0.39 is 0 Å². The summed E-state index contributed by atoms with van der Waals surface area (Å²) < 4.78 is 22.1. The zero-order valence-corrected chi connectivity index (χ0v) is 20.6. The largest absolute Gasteiger partial charge is 0.502 e. The molecule has 0 unspecified atom stereocenters. The molecule has 0 aromatic heterocycles. The van der Waals surface area contributed by atoms with Crippen molar-refractivity contribution in [3.05, 3.63) is 48.9 Å². The van der Waals surface area contributed by atoms with E-state index in [2.05, 4.69) is 13.2 Å². The van der Waals surface area contributed by atoms with Crippen molar-refractivity contribution in [3.8, 4) is 11.5 Å². The second kappa shape index (κ2) is 12.6. The minimum atomic E-state index is -0.187. The molecule has 1 aromatic carbocycles. The number of hydrogen-bond acceptors (Lipinski definition) is 6. The van der Waals surface area contributed by atoms with Gasteiger partial charge in [-0.2, -0.15) is 0 Å². The average Bonchev–Trinajstić information content (AvgIpc) is 2.86. The minimum Gasteiger partial charge on any atom is -0.502 e. The minimum absolute atomic E-state index is 0.0933. The predicted molar refractivity (Wildman–Crippen MR) is 130 cm³/mol. The van der Waals surface area contributed by atoms with E-state index in [1.165, 1.54) is 12.5 Å². The lowest BCUT2D eigenvalue weighted by Crippen LogP contribution is -2.27. The van der Waals surface area contributed by atoms with Crippen LogP contribution in [-0.4, -0.2) is 25.2 Å². The Morgan fingerprint density at radius 3 is 1.41 bits per heavy atom. The lowest BCUT2D eigenvalue weighted by Gasteiger charge is -2.27. The van der Waals surface area contributed by atoms with Crippen LogP contribution in [0.4, 0.5) is 0 Å². The van der Waals surface area contributed by atoms with Crippen LogP contribution in [0, 0.1) is 37.5 Å². The quantitative estimate of drug-likeness (QED) is 0.236. The van der Waals surface area contributed by atoms with Gasteiger partial charge in [-0.15, -0.1) is 0 Å². The lowest BCUT2D eigenvalue weighted by molar-refractivity contribution is -0.141. The highest BCUT2D eigenvalue weighted by molar-refractivity contribution is 5.77. The average molecular weight is 471 g/mol. The van der Waals surface area contributed by atoms with Crippen LogP contribution in [-0.2, 0) is 19.1 Å². The third-order valence-electron chi connectivity index (χ3n) is 7.37. The van der Waals surface area contributed by atoms with Crippen LogP contribution >= 0.6 is 0 Å². The molecule has 0 amide bonds. The Morgan fingerprint density at radius 1 is 0.735 bits per heavy atom. The van der Waals surface area contributed by atoms with Crippen molar-refractivity contribution in [2.75, 3.05) is 13.2 Å². The first-order valence-corrected chi connectivity index (χ1v) is 12.4. The Hall–Kier alpha value is -2.76. The molecule has 2 aliphatic rings. The number of esters is 2. The van der Waals surface area contributed by atoms with Crippen LogP contribution in [0.2, 0.25) is 0 Å². The van der Waals surface area contributed by atoms with Crippen LogP contribution in [0.15, 0.2) is 37.8 Å². The van der Waals surface area contributed by atoms with Crippen LogP contribution in [0.25, 0.3) is 0 Å². The van der Waals surface area contributed by atoms with Gasteiger partial charge in [-0.25, -0.2) is 0 Å². The molecule has 0 radical (unpaired) electrons. The van der Waals surface area contributed by atoms with Crippen molar-refractivity contribution < 1.29 is 28.5 Å². The van der Waals surface area contributed by atoms with E-state index in [9.17, 15) is 9.59 Å². The molecule has 0 atom stereocenters. The van der Waals surface area contributed by atoms with Crippen molar-refractivity contribution in [3.63, 3.8) is 0 Å². The van der Waals surface area contributed by atoms with Gasteiger partial charge >= 0.3 is 11.9 Å². The Morgan fingerprint density at radius 2 is 1.09 bits per heavy atom. The molecule has 0 aliphatic heterocycles. The highest BCUT2D eigenvalue weighted by atomic mass is 16.5. The number of ether oxygens (including phenoxy) is 4. The smallest absolute Gasteiger partial charge is 0.314 e. The zero-order valence-electron chi connectivity index (χ0n) is 20.6. The van der Waals surface area contributed by atoms with E-state index in [4.69, 9.17) is 18.9 Å². The van der Waals surface area contributed by atoms with Gasteiger partial charge in [0.25, 0.3) is 0 Å². The van der Waals surface area contributed by atoms with Gasteiger partial charge in [0.15, 0.2) is 0 Å². The molecule has 34 heavy (non-hydrogen) atoms. The van der Waals surface area contributed by atoms with Gasteiger partial charge in [0.1, 0.15) is 11.5 Å². The van der Waals surface area contributed by atoms with E-state index in [0.717, 1.165) is 62.5 Å². The summed E-state index contributed by atoms with van der Waals surface area (Å²) >= 11 is 0. The van der Waals surface area contributed by atoms with Crippen molar-refractivity contribution in [2.45, 2.75) is 65.2 Å². The highest BCUT2D eigenvalue weighted by Crippen LogP contribution is 2.35. The van der Waals surface area contributed by atoms with Crippen LogP contribution in [0.3, 0.4) is 0 Å². The predicted octanol–water partition coefficient (Wildman–Crippen LogP) is 6.05. The molecule has 2 fully saturated rings. The molecule has 0 saturated heterocycles. The summed E-state index contributed by atoms with van der Waals surface area (Å²) in [5.74, 6) is 1.43. The maximum absolute atomic E-state index is 12.7. The molecule has 186 valence electrons. The number of benzene rings is 1. The molecule has 2 aliphatic carbocycles. The fourth-order valence-corrected chi connectivity index (χ4v) is 4.91. The molecule has 6 nitrogen and oxygen atoms in total. The Bertz CT molecular complexity index is 789. The van der Waals surface area contributed by atoms with Crippen molar-refractivity contribution in [1.82, 2.24) is 0 Å².